The third kappa shape index (κ3) is 5.00. The number of halogens is 2. The minimum absolute atomic E-state index is 0.101. The summed E-state index contributed by atoms with van der Waals surface area (Å²) < 4.78 is 1.26. The van der Waals surface area contributed by atoms with Gasteiger partial charge in [0, 0.05) is 26.8 Å². The van der Waals surface area contributed by atoms with E-state index in [1.807, 2.05) is 19.1 Å². The molecule has 0 spiro atoms. The summed E-state index contributed by atoms with van der Waals surface area (Å²) >= 11 is 12.1. The van der Waals surface area contributed by atoms with Gasteiger partial charge in [0.2, 0.25) is 0 Å². The zero-order chi connectivity index (χ0) is 23.5. The second kappa shape index (κ2) is 9.36. The maximum Gasteiger partial charge on any atom is 0.328 e. The summed E-state index contributed by atoms with van der Waals surface area (Å²) in [7, 11) is 0. The number of aryl methyl sites for hydroxylation is 1. The number of nitrogens with zero attached hydrogens (tertiary/aromatic N) is 1. The zero-order valence-electron chi connectivity index (χ0n) is 17.4. The van der Waals surface area contributed by atoms with Crippen molar-refractivity contribution in [3.63, 3.8) is 0 Å². The van der Waals surface area contributed by atoms with E-state index in [4.69, 9.17) is 23.2 Å². The summed E-state index contributed by atoms with van der Waals surface area (Å²) in [6.07, 6.45) is 0. The lowest BCUT2D eigenvalue weighted by Gasteiger charge is -2.13. The zero-order valence-corrected chi connectivity index (χ0v) is 18.9. The summed E-state index contributed by atoms with van der Waals surface area (Å²) in [5.74, 6) is -2.33. The molecule has 3 N–H and O–H groups in total. The van der Waals surface area contributed by atoms with Gasteiger partial charge in [-0.05, 0) is 61.0 Å². The average molecular weight is 481 g/mol. The Morgan fingerprint density at radius 2 is 1.55 bits per heavy atom. The lowest BCUT2D eigenvalue weighted by atomic mass is 10.2. The van der Waals surface area contributed by atoms with Crippen LogP contribution in [-0.4, -0.2) is 22.4 Å². The van der Waals surface area contributed by atoms with Crippen LogP contribution in [0.4, 0.5) is 11.4 Å². The number of nitrogens with one attached hydrogen (secondary N) is 3. The Hall–Kier alpha value is -3.81. The van der Waals surface area contributed by atoms with E-state index in [9.17, 15) is 14.4 Å². The average Bonchev–Trinajstić information content (AvgIpc) is 3.12. The van der Waals surface area contributed by atoms with Crippen molar-refractivity contribution in [1.29, 1.82) is 0 Å². The third-order valence-corrected chi connectivity index (χ3v) is 5.36. The SMILES string of the molecule is Cc1ccccc1NC(=O)C(=O)Nn1c(C(=O)Nc2cccc(Cl)c2)cc2cc(Cl)ccc21. The van der Waals surface area contributed by atoms with E-state index in [1.54, 1.807) is 60.7 Å². The molecule has 0 atom stereocenters. The number of benzene rings is 3. The summed E-state index contributed by atoms with van der Waals surface area (Å²) in [6, 6.07) is 20.2. The van der Waals surface area contributed by atoms with E-state index >= 15 is 0 Å². The number of carbonyl (C=O) groups excluding carboxylic acids is 3. The second-order valence-corrected chi connectivity index (χ2v) is 8.12. The molecule has 0 aliphatic carbocycles. The molecule has 33 heavy (non-hydrogen) atoms. The minimum atomic E-state index is -0.942. The molecule has 166 valence electrons. The number of fused-ring (bicyclic) bond motifs is 1. The molecule has 0 saturated carbocycles. The van der Waals surface area contributed by atoms with Gasteiger partial charge in [0.25, 0.3) is 5.91 Å². The van der Waals surface area contributed by atoms with Crippen LogP contribution in [0.3, 0.4) is 0 Å². The van der Waals surface area contributed by atoms with Gasteiger partial charge in [0.15, 0.2) is 0 Å². The molecule has 0 fully saturated rings. The number of amides is 3. The van der Waals surface area contributed by atoms with E-state index in [0.29, 0.717) is 32.3 Å². The van der Waals surface area contributed by atoms with E-state index in [1.165, 1.54) is 4.68 Å². The molecule has 1 aromatic heterocycles. The van der Waals surface area contributed by atoms with Crippen LogP contribution in [0.1, 0.15) is 16.1 Å². The van der Waals surface area contributed by atoms with Crippen LogP contribution in [0.25, 0.3) is 10.9 Å². The molecule has 0 aliphatic heterocycles. The number of para-hydroxylation sites is 1. The van der Waals surface area contributed by atoms with E-state index < -0.39 is 17.7 Å². The molecule has 4 aromatic rings. The van der Waals surface area contributed by atoms with E-state index in [2.05, 4.69) is 16.1 Å². The first-order chi connectivity index (χ1) is 15.8. The Labute approximate surface area is 199 Å². The highest BCUT2D eigenvalue weighted by atomic mass is 35.5. The number of aromatic nitrogens is 1. The van der Waals surface area contributed by atoms with Gasteiger partial charge < -0.3 is 10.6 Å². The van der Waals surface area contributed by atoms with Gasteiger partial charge in [-0.25, -0.2) is 4.68 Å². The normalized spacial score (nSPS) is 10.6. The molecular weight excluding hydrogens is 463 g/mol. The Bertz CT molecular complexity index is 1400. The Balaban J connectivity index is 1.64. The van der Waals surface area contributed by atoms with Crippen molar-refractivity contribution < 1.29 is 14.4 Å². The molecule has 0 unspecified atom stereocenters. The molecule has 7 nitrogen and oxygen atoms in total. The predicted octanol–water partition coefficient (Wildman–Crippen LogP) is 5.22. The van der Waals surface area contributed by atoms with Gasteiger partial charge in [0.1, 0.15) is 5.69 Å². The van der Waals surface area contributed by atoms with Gasteiger partial charge in [-0.1, -0.05) is 47.5 Å². The van der Waals surface area contributed by atoms with Crippen molar-refractivity contribution in [3.8, 4) is 0 Å². The fourth-order valence-electron chi connectivity index (χ4n) is 3.28. The molecule has 1 heterocycles. The quantitative estimate of drug-likeness (QED) is 0.349. The number of rotatable bonds is 4. The van der Waals surface area contributed by atoms with Crippen LogP contribution >= 0.6 is 23.2 Å². The van der Waals surface area contributed by atoms with Crippen molar-refractivity contribution in [2.24, 2.45) is 0 Å². The highest BCUT2D eigenvalue weighted by Crippen LogP contribution is 2.24. The maximum absolute atomic E-state index is 13.0. The molecule has 0 aliphatic rings. The third-order valence-electron chi connectivity index (χ3n) is 4.89. The Morgan fingerprint density at radius 1 is 0.788 bits per heavy atom. The van der Waals surface area contributed by atoms with Crippen molar-refractivity contribution in [2.45, 2.75) is 6.92 Å². The number of hydrogen-bond acceptors (Lipinski definition) is 3. The van der Waals surface area contributed by atoms with Crippen LogP contribution in [-0.2, 0) is 9.59 Å². The smallest absolute Gasteiger partial charge is 0.321 e. The van der Waals surface area contributed by atoms with Crippen LogP contribution in [0.2, 0.25) is 10.0 Å². The van der Waals surface area contributed by atoms with Gasteiger partial charge in [-0.3, -0.25) is 19.8 Å². The molecule has 4 rings (SSSR count). The second-order valence-electron chi connectivity index (χ2n) is 7.24. The Kier molecular flexibility index (Phi) is 6.35. The van der Waals surface area contributed by atoms with Crippen LogP contribution < -0.4 is 16.1 Å². The maximum atomic E-state index is 13.0. The highest BCUT2D eigenvalue weighted by molar-refractivity contribution is 6.42. The molecule has 0 saturated heterocycles. The van der Waals surface area contributed by atoms with Crippen LogP contribution in [0, 0.1) is 6.92 Å². The lowest BCUT2D eigenvalue weighted by Crippen LogP contribution is -2.36. The molecule has 0 radical (unpaired) electrons. The summed E-state index contributed by atoms with van der Waals surface area (Å²) in [5, 5.41) is 6.84. The molecule has 3 amide bonds. The minimum Gasteiger partial charge on any atom is -0.321 e. The Morgan fingerprint density at radius 3 is 2.30 bits per heavy atom. The van der Waals surface area contributed by atoms with Gasteiger partial charge >= 0.3 is 11.8 Å². The van der Waals surface area contributed by atoms with Crippen LogP contribution in [0.15, 0.2) is 72.8 Å². The van der Waals surface area contributed by atoms with Crippen molar-refractivity contribution in [3.05, 3.63) is 94.1 Å². The van der Waals surface area contributed by atoms with Gasteiger partial charge in [0.05, 0.1) is 5.52 Å². The van der Waals surface area contributed by atoms with Gasteiger partial charge in [-0.2, -0.15) is 0 Å². The first-order valence-corrected chi connectivity index (χ1v) is 10.6. The summed E-state index contributed by atoms with van der Waals surface area (Å²) in [4.78, 5) is 38.2. The number of anilines is 2. The summed E-state index contributed by atoms with van der Waals surface area (Å²) in [6.45, 7) is 1.81. The monoisotopic (exact) mass is 480 g/mol. The largest absolute Gasteiger partial charge is 0.328 e. The number of carbonyl (C=O) groups is 3. The fraction of sp³-hybridized carbons (Fsp3) is 0.0417. The van der Waals surface area contributed by atoms with Crippen molar-refractivity contribution in [1.82, 2.24) is 4.68 Å². The van der Waals surface area contributed by atoms with Gasteiger partial charge in [-0.15, -0.1) is 0 Å². The molecule has 9 heteroatoms. The fourth-order valence-corrected chi connectivity index (χ4v) is 3.65. The van der Waals surface area contributed by atoms with Crippen molar-refractivity contribution in [2.75, 3.05) is 16.1 Å². The molecule has 0 bridgehead atoms. The first-order valence-electron chi connectivity index (χ1n) is 9.88. The molecular formula is C24H18Cl2N4O3. The number of hydrogen-bond donors (Lipinski definition) is 3. The molecule has 3 aromatic carbocycles. The van der Waals surface area contributed by atoms with E-state index in [-0.39, 0.29) is 5.69 Å². The van der Waals surface area contributed by atoms with Crippen molar-refractivity contribution >= 4 is 63.2 Å². The predicted molar refractivity (Wildman–Crippen MR) is 131 cm³/mol. The standard InChI is InChI=1S/C24H18Cl2N4O3/c1-14-5-2-3-8-19(14)28-23(32)24(33)29-30-20-10-9-17(26)11-15(20)12-21(30)22(31)27-18-7-4-6-16(25)13-18/h2-13H,1H3,(H,27,31)(H,28,32)(H,29,33). The lowest BCUT2D eigenvalue weighted by molar-refractivity contribution is -0.133. The van der Waals surface area contributed by atoms with E-state index in [0.717, 1.165) is 5.56 Å². The first kappa shape index (κ1) is 22.4. The topological polar surface area (TPSA) is 92.2 Å². The summed E-state index contributed by atoms with van der Waals surface area (Å²) in [5.41, 5.74) is 4.90. The highest BCUT2D eigenvalue weighted by Gasteiger charge is 2.21. The van der Waals surface area contributed by atoms with Crippen LogP contribution in [0.5, 0.6) is 0 Å².